The third kappa shape index (κ3) is 5.20. The Morgan fingerprint density at radius 1 is 1.17 bits per heavy atom. The summed E-state index contributed by atoms with van der Waals surface area (Å²) in [5.74, 6) is -0.769. The zero-order chi connectivity index (χ0) is 25.0. The van der Waals surface area contributed by atoms with Crippen molar-refractivity contribution in [2.75, 3.05) is 22.9 Å². The average molecular weight is 495 g/mol. The minimum Gasteiger partial charge on any atom is -0.449 e. The maximum absolute atomic E-state index is 13.1. The summed E-state index contributed by atoms with van der Waals surface area (Å²) in [5.41, 5.74) is 1.11. The summed E-state index contributed by atoms with van der Waals surface area (Å²) in [7, 11) is -3.96. The number of nitriles is 1. The van der Waals surface area contributed by atoms with Gasteiger partial charge in [0.15, 0.2) is 6.10 Å². The van der Waals surface area contributed by atoms with Crippen LogP contribution in [0.25, 0.3) is 0 Å². The van der Waals surface area contributed by atoms with Gasteiger partial charge in [-0.15, -0.1) is 4.40 Å². The number of carbonyl (C=O) groups excluding carboxylic acids is 2. The van der Waals surface area contributed by atoms with E-state index in [-0.39, 0.29) is 23.4 Å². The number of rotatable bonds is 6. The number of amidine groups is 1. The van der Waals surface area contributed by atoms with E-state index in [2.05, 4.69) is 4.40 Å². The topological polar surface area (TPSA) is 120 Å². The molecule has 9 nitrogen and oxygen atoms in total. The first-order chi connectivity index (χ1) is 16.8. The zero-order valence-electron chi connectivity index (χ0n) is 19.4. The van der Waals surface area contributed by atoms with Crippen molar-refractivity contribution >= 4 is 39.1 Å². The molecule has 2 heterocycles. The fraction of sp³-hybridized carbons (Fsp3) is 0.360. The van der Waals surface area contributed by atoms with E-state index in [0.717, 1.165) is 19.3 Å². The van der Waals surface area contributed by atoms with Crippen molar-refractivity contribution in [1.29, 1.82) is 5.26 Å². The molecular formula is C25H26N4O5S. The lowest BCUT2D eigenvalue weighted by Crippen LogP contribution is -2.40. The van der Waals surface area contributed by atoms with Crippen molar-refractivity contribution < 1.29 is 22.7 Å². The highest BCUT2D eigenvalue weighted by atomic mass is 32.2. The molecule has 2 aliphatic heterocycles. The van der Waals surface area contributed by atoms with Crippen molar-refractivity contribution in [3.05, 3.63) is 54.1 Å². The summed E-state index contributed by atoms with van der Waals surface area (Å²) in [6.45, 7) is 2.26. The fourth-order valence-electron chi connectivity index (χ4n) is 4.24. The molecular weight excluding hydrogens is 468 g/mol. The van der Waals surface area contributed by atoms with Gasteiger partial charge in [-0.05, 0) is 50.1 Å². The summed E-state index contributed by atoms with van der Waals surface area (Å²) in [4.78, 5) is 29.2. The minimum absolute atomic E-state index is 0.0173. The molecule has 2 aromatic carbocycles. The maximum Gasteiger partial charge on any atom is 0.338 e. The number of benzene rings is 2. The van der Waals surface area contributed by atoms with E-state index in [4.69, 9.17) is 10.00 Å². The average Bonchev–Trinajstić information content (AvgIpc) is 3.09. The molecule has 0 radical (unpaired) electrons. The lowest BCUT2D eigenvalue weighted by molar-refractivity contribution is -0.126. The zero-order valence-corrected chi connectivity index (χ0v) is 20.2. The first-order valence-electron chi connectivity index (χ1n) is 11.5. The van der Waals surface area contributed by atoms with E-state index in [1.807, 2.05) is 17.0 Å². The van der Waals surface area contributed by atoms with Gasteiger partial charge in [-0.3, -0.25) is 4.79 Å². The fourth-order valence-corrected chi connectivity index (χ4v) is 5.53. The lowest BCUT2D eigenvalue weighted by atomic mass is 10.1. The van der Waals surface area contributed by atoms with Crippen LogP contribution in [-0.4, -0.2) is 45.3 Å². The number of carbonyl (C=O) groups is 2. The van der Waals surface area contributed by atoms with Crippen LogP contribution < -0.4 is 9.80 Å². The van der Waals surface area contributed by atoms with Gasteiger partial charge in [0, 0.05) is 25.2 Å². The Balaban J connectivity index is 1.55. The molecule has 35 heavy (non-hydrogen) atoms. The van der Waals surface area contributed by atoms with Crippen LogP contribution in [0.15, 0.2) is 57.8 Å². The number of ether oxygens (including phenoxy) is 1. The van der Waals surface area contributed by atoms with Crippen LogP contribution in [0.3, 0.4) is 0 Å². The molecule has 0 unspecified atom stereocenters. The molecule has 182 valence electrons. The number of hydrogen-bond donors (Lipinski definition) is 0. The first-order valence-corrected chi connectivity index (χ1v) is 13.0. The lowest BCUT2D eigenvalue weighted by Gasteiger charge is -2.29. The molecule has 2 aliphatic rings. The highest BCUT2D eigenvalue weighted by Gasteiger charge is 2.33. The summed E-state index contributed by atoms with van der Waals surface area (Å²) < 4.78 is 35.1. The van der Waals surface area contributed by atoms with Crippen molar-refractivity contribution in [3.63, 3.8) is 0 Å². The van der Waals surface area contributed by atoms with Gasteiger partial charge in [0.25, 0.3) is 15.9 Å². The van der Waals surface area contributed by atoms with E-state index in [1.54, 1.807) is 30.3 Å². The van der Waals surface area contributed by atoms with Gasteiger partial charge < -0.3 is 14.5 Å². The number of fused-ring (bicyclic) bond motifs is 3. The van der Waals surface area contributed by atoms with Crippen molar-refractivity contribution in [1.82, 2.24) is 0 Å². The number of amides is 1. The summed E-state index contributed by atoms with van der Waals surface area (Å²) in [6, 6.07) is 15.2. The Bertz CT molecular complexity index is 1300. The van der Waals surface area contributed by atoms with Crippen LogP contribution in [0.4, 0.5) is 11.4 Å². The molecule has 0 aliphatic carbocycles. The molecule has 0 spiro atoms. The maximum atomic E-state index is 13.1. The molecule has 1 saturated heterocycles. The van der Waals surface area contributed by atoms with Gasteiger partial charge in [0.1, 0.15) is 10.7 Å². The predicted molar refractivity (Wildman–Crippen MR) is 131 cm³/mol. The third-order valence-corrected chi connectivity index (χ3v) is 7.33. The molecule has 10 heteroatoms. The first kappa shape index (κ1) is 24.4. The number of hydrogen-bond acceptors (Lipinski definition) is 7. The smallest absolute Gasteiger partial charge is 0.338 e. The van der Waals surface area contributed by atoms with Crippen LogP contribution in [0.1, 0.15) is 49.4 Å². The van der Waals surface area contributed by atoms with E-state index in [1.165, 1.54) is 24.0 Å². The molecule has 0 aromatic heterocycles. The highest BCUT2D eigenvalue weighted by Crippen LogP contribution is 2.35. The third-order valence-electron chi connectivity index (χ3n) is 6.00. The van der Waals surface area contributed by atoms with E-state index >= 15 is 0 Å². The summed E-state index contributed by atoms with van der Waals surface area (Å²) >= 11 is 0. The second-order valence-electron chi connectivity index (χ2n) is 8.41. The SMILES string of the molecule is C[C@H](OC(=O)c1ccc2c(c1)S(=O)(=O)N=C1CCCCCN12)C(=O)N(CCC#N)c1ccccc1. The van der Waals surface area contributed by atoms with Crippen molar-refractivity contribution in [2.24, 2.45) is 4.40 Å². The van der Waals surface area contributed by atoms with Crippen LogP contribution in [0.5, 0.6) is 0 Å². The Morgan fingerprint density at radius 2 is 1.94 bits per heavy atom. The molecule has 0 N–H and O–H groups in total. The molecule has 4 rings (SSSR count). The number of anilines is 2. The van der Waals surface area contributed by atoms with E-state index < -0.39 is 28.0 Å². The van der Waals surface area contributed by atoms with Crippen molar-refractivity contribution in [2.45, 2.75) is 50.0 Å². The number of para-hydroxylation sites is 1. The standard InChI is InChI=1S/C25H26N4O5S/c1-18(24(30)28(16-8-14-26)20-9-4-2-5-10-20)34-25(31)19-12-13-21-22(17-19)35(32,33)27-23-11-6-3-7-15-29(21)23/h2,4-5,9-10,12-13,17-18H,3,6-8,11,15-16H2,1H3/t18-/m0/s1. The Kier molecular flexibility index (Phi) is 7.17. The monoisotopic (exact) mass is 494 g/mol. The Hall–Kier alpha value is -3.71. The molecule has 2 aromatic rings. The van der Waals surface area contributed by atoms with Crippen LogP contribution in [-0.2, 0) is 19.6 Å². The molecule has 1 amide bonds. The summed E-state index contributed by atoms with van der Waals surface area (Å²) in [6.07, 6.45) is 2.35. The van der Waals surface area contributed by atoms with E-state index in [9.17, 15) is 18.0 Å². The second-order valence-corrected chi connectivity index (χ2v) is 9.98. The quantitative estimate of drug-likeness (QED) is 0.562. The van der Waals surface area contributed by atoms with Crippen LogP contribution in [0.2, 0.25) is 0 Å². The van der Waals surface area contributed by atoms with Gasteiger partial charge in [0.05, 0.1) is 23.7 Å². The van der Waals surface area contributed by atoms with Gasteiger partial charge in [-0.25, -0.2) is 4.79 Å². The number of sulfonamides is 1. The minimum atomic E-state index is -3.96. The van der Waals surface area contributed by atoms with Gasteiger partial charge in [-0.2, -0.15) is 13.7 Å². The normalized spacial score (nSPS) is 17.0. The number of nitrogens with zero attached hydrogens (tertiary/aromatic N) is 4. The van der Waals surface area contributed by atoms with Gasteiger partial charge in [-0.1, -0.05) is 24.6 Å². The Morgan fingerprint density at radius 3 is 2.69 bits per heavy atom. The highest BCUT2D eigenvalue weighted by molar-refractivity contribution is 7.90. The van der Waals surface area contributed by atoms with E-state index in [0.29, 0.717) is 30.2 Å². The van der Waals surface area contributed by atoms with Crippen LogP contribution in [0, 0.1) is 11.3 Å². The molecule has 1 fully saturated rings. The Labute approximate surface area is 204 Å². The van der Waals surface area contributed by atoms with Gasteiger partial charge in [0.2, 0.25) is 0 Å². The summed E-state index contributed by atoms with van der Waals surface area (Å²) in [5, 5.41) is 8.97. The second kappa shape index (κ2) is 10.3. The largest absolute Gasteiger partial charge is 0.449 e. The number of esters is 1. The van der Waals surface area contributed by atoms with Crippen molar-refractivity contribution in [3.8, 4) is 6.07 Å². The molecule has 0 bridgehead atoms. The van der Waals surface area contributed by atoms with Gasteiger partial charge >= 0.3 is 5.97 Å². The van der Waals surface area contributed by atoms with Crippen LogP contribution >= 0.6 is 0 Å². The molecule has 1 atom stereocenters. The molecule has 0 saturated carbocycles. The predicted octanol–water partition coefficient (Wildman–Crippen LogP) is 3.66.